The quantitative estimate of drug-likeness (QED) is 0.739. The van der Waals surface area contributed by atoms with Gasteiger partial charge in [0.05, 0.1) is 14.2 Å². The van der Waals surface area contributed by atoms with Crippen molar-refractivity contribution in [2.75, 3.05) is 33.9 Å². The molecule has 1 rings (SSSR count). The normalized spacial score (nSPS) is 11.5. The number of rotatable bonds is 7. The highest BCUT2D eigenvalue weighted by Gasteiger charge is 2.26. The number of ether oxygens (including phenoxy) is 2. The van der Waals surface area contributed by atoms with Crippen LogP contribution < -0.4 is 20.5 Å². The Bertz CT molecular complexity index is 417. The monoisotopic (exact) mass is 266 g/mol. The van der Waals surface area contributed by atoms with Gasteiger partial charge in [0.2, 0.25) is 0 Å². The molecule has 0 radical (unpaired) electrons. The molecule has 0 aromatic heterocycles. The van der Waals surface area contributed by atoms with Crippen molar-refractivity contribution in [3.63, 3.8) is 0 Å². The highest BCUT2D eigenvalue weighted by molar-refractivity contribution is 5.52. The molecule has 0 saturated carbocycles. The second-order valence-electron chi connectivity index (χ2n) is 5.32. The fourth-order valence-corrected chi connectivity index (χ4v) is 2.29. The first kappa shape index (κ1) is 15.8. The molecule has 0 saturated heterocycles. The van der Waals surface area contributed by atoms with Gasteiger partial charge in [-0.2, -0.15) is 0 Å². The van der Waals surface area contributed by atoms with E-state index in [0.717, 1.165) is 30.2 Å². The van der Waals surface area contributed by atoms with Gasteiger partial charge in [-0.15, -0.1) is 0 Å². The van der Waals surface area contributed by atoms with Crippen LogP contribution in [0.15, 0.2) is 12.1 Å². The van der Waals surface area contributed by atoms with Crippen LogP contribution in [0, 0.1) is 6.92 Å². The minimum atomic E-state index is -0.0302. The Morgan fingerprint density at radius 2 is 1.89 bits per heavy atom. The first-order chi connectivity index (χ1) is 8.97. The lowest BCUT2D eigenvalue weighted by Crippen LogP contribution is -2.35. The summed E-state index contributed by atoms with van der Waals surface area (Å²) in [5.74, 6) is 1.75. The summed E-state index contributed by atoms with van der Waals surface area (Å²) >= 11 is 0. The first-order valence-corrected chi connectivity index (χ1v) is 6.60. The van der Waals surface area contributed by atoms with Crippen molar-refractivity contribution in [3.05, 3.63) is 23.3 Å². The standard InChI is InChI=1S/C15H26N2O2/c1-11-13(18-4)7-6-12(14(11)19-5)15(2,3)10-17-9-8-16/h6-7,17H,8-10,16H2,1-5H3. The molecule has 0 heterocycles. The maximum absolute atomic E-state index is 5.58. The van der Waals surface area contributed by atoms with Gasteiger partial charge in [-0.3, -0.25) is 0 Å². The van der Waals surface area contributed by atoms with Gasteiger partial charge < -0.3 is 20.5 Å². The number of methoxy groups -OCH3 is 2. The van der Waals surface area contributed by atoms with Crippen LogP contribution in [0.2, 0.25) is 0 Å². The molecule has 4 heteroatoms. The largest absolute Gasteiger partial charge is 0.496 e. The Morgan fingerprint density at radius 1 is 1.21 bits per heavy atom. The van der Waals surface area contributed by atoms with Gasteiger partial charge in [0.1, 0.15) is 11.5 Å². The minimum absolute atomic E-state index is 0.0302. The Kier molecular flexibility index (Phi) is 5.63. The van der Waals surface area contributed by atoms with Gasteiger partial charge in [0.15, 0.2) is 0 Å². The second kappa shape index (κ2) is 6.78. The van der Waals surface area contributed by atoms with Gasteiger partial charge in [-0.25, -0.2) is 0 Å². The van der Waals surface area contributed by atoms with Crippen LogP contribution >= 0.6 is 0 Å². The predicted octanol–water partition coefficient (Wildman–Crippen LogP) is 1.84. The summed E-state index contributed by atoms with van der Waals surface area (Å²) in [5.41, 5.74) is 7.70. The highest BCUT2D eigenvalue weighted by Crippen LogP contribution is 2.37. The predicted molar refractivity (Wildman–Crippen MR) is 79.2 cm³/mol. The Hall–Kier alpha value is -1.26. The average molecular weight is 266 g/mol. The fraction of sp³-hybridized carbons (Fsp3) is 0.600. The number of hydrogen-bond donors (Lipinski definition) is 2. The van der Waals surface area contributed by atoms with Crippen molar-refractivity contribution in [2.24, 2.45) is 5.73 Å². The van der Waals surface area contributed by atoms with Gasteiger partial charge in [-0.05, 0) is 13.0 Å². The molecular formula is C15H26N2O2. The van der Waals surface area contributed by atoms with Gasteiger partial charge in [0.25, 0.3) is 0 Å². The summed E-state index contributed by atoms with van der Waals surface area (Å²) in [6.07, 6.45) is 0. The van der Waals surface area contributed by atoms with Crippen LogP contribution in [0.1, 0.15) is 25.0 Å². The van der Waals surface area contributed by atoms with E-state index < -0.39 is 0 Å². The molecule has 4 nitrogen and oxygen atoms in total. The molecule has 0 bridgehead atoms. The van der Waals surface area contributed by atoms with E-state index in [1.807, 2.05) is 13.0 Å². The number of nitrogens with two attached hydrogens (primary N) is 1. The summed E-state index contributed by atoms with van der Waals surface area (Å²) in [6, 6.07) is 4.08. The van der Waals surface area contributed by atoms with E-state index in [9.17, 15) is 0 Å². The average Bonchev–Trinajstić information content (AvgIpc) is 2.38. The summed E-state index contributed by atoms with van der Waals surface area (Å²) in [4.78, 5) is 0. The van der Waals surface area contributed by atoms with Crippen molar-refractivity contribution < 1.29 is 9.47 Å². The fourth-order valence-electron chi connectivity index (χ4n) is 2.29. The maximum atomic E-state index is 5.58. The van der Waals surface area contributed by atoms with Crippen molar-refractivity contribution in [1.29, 1.82) is 0 Å². The molecule has 0 spiro atoms. The van der Waals surface area contributed by atoms with E-state index in [0.29, 0.717) is 6.54 Å². The van der Waals surface area contributed by atoms with Crippen LogP contribution in [-0.4, -0.2) is 33.9 Å². The van der Waals surface area contributed by atoms with E-state index in [-0.39, 0.29) is 5.41 Å². The third-order valence-corrected chi connectivity index (χ3v) is 3.40. The molecule has 0 atom stereocenters. The molecule has 0 aliphatic rings. The highest BCUT2D eigenvalue weighted by atomic mass is 16.5. The molecule has 19 heavy (non-hydrogen) atoms. The van der Waals surface area contributed by atoms with E-state index in [4.69, 9.17) is 15.2 Å². The van der Waals surface area contributed by atoms with Gasteiger partial charge in [0, 0.05) is 36.2 Å². The zero-order valence-electron chi connectivity index (χ0n) is 12.7. The molecule has 0 aliphatic carbocycles. The van der Waals surface area contributed by atoms with E-state index >= 15 is 0 Å². The van der Waals surface area contributed by atoms with Crippen LogP contribution in [-0.2, 0) is 5.41 Å². The van der Waals surface area contributed by atoms with Crippen LogP contribution in [0.5, 0.6) is 11.5 Å². The maximum Gasteiger partial charge on any atom is 0.129 e. The van der Waals surface area contributed by atoms with Gasteiger partial charge in [-0.1, -0.05) is 19.9 Å². The molecule has 1 aromatic carbocycles. The molecule has 108 valence electrons. The third kappa shape index (κ3) is 3.61. The lowest BCUT2D eigenvalue weighted by Gasteiger charge is -2.29. The molecule has 0 amide bonds. The molecule has 0 aliphatic heterocycles. The number of hydrogen-bond acceptors (Lipinski definition) is 4. The Labute approximate surface area is 116 Å². The van der Waals surface area contributed by atoms with Crippen molar-refractivity contribution in [1.82, 2.24) is 5.32 Å². The van der Waals surface area contributed by atoms with Crippen molar-refractivity contribution >= 4 is 0 Å². The molecule has 0 unspecified atom stereocenters. The summed E-state index contributed by atoms with van der Waals surface area (Å²) < 4.78 is 10.9. The zero-order valence-corrected chi connectivity index (χ0v) is 12.7. The van der Waals surface area contributed by atoms with E-state index in [1.54, 1.807) is 14.2 Å². The van der Waals surface area contributed by atoms with Crippen molar-refractivity contribution in [3.8, 4) is 11.5 Å². The summed E-state index contributed by atoms with van der Waals surface area (Å²) in [7, 11) is 3.38. The Balaban J connectivity index is 3.08. The Morgan fingerprint density at radius 3 is 2.42 bits per heavy atom. The minimum Gasteiger partial charge on any atom is -0.496 e. The third-order valence-electron chi connectivity index (χ3n) is 3.40. The topological polar surface area (TPSA) is 56.5 Å². The first-order valence-electron chi connectivity index (χ1n) is 6.60. The van der Waals surface area contributed by atoms with Crippen molar-refractivity contribution in [2.45, 2.75) is 26.2 Å². The molecule has 3 N–H and O–H groups in total. The zero-order chi connectivity index (χ0) is 14.5. The van der Waals surface area contributed by atoms with Crippen LogP contribution in [0.3, 0.4) is 0 Å². The molecular weight excluding hydrogens is 240 g/mol. The lowest BCUT2D eigenvalue weighted by molar-refractivity contribution is 0.370. The van der Waals surface area contributed by atoms with E-state index in [2.05, 4.69) is 25.2 Å². The number of benzene rings is 1. The van der Waals surface area contributed by atoms with Crippen LogP contribution in [0.25, 0.3) is 0 Å². The van der Waals surface area contributed by atoms with E-state index in [1.165, 1.54) is 5.56 Å². The summed E-state index contributed by atoms with van der Waals surface area (Å²) in [5, 5.41) is 3.36. The van der Waals surface area contributed by atoms with Gasteiger partial charge >= 0.3 is 0 Å². The lowest BCUT2D eigenvalue weighted by atomic mass is 9.82. The molecule has 0 fully saturated rings. The second-order valence-corrected chi connectivity index (χ2v) is 5.32. The van der Waals surface area contributed by atoms with Crippen LogP contribution in [0.4, 0.5) is 0 Å². The summed E-state index contributed by atoms with van der Waals surface area (Å²) in [6.45, 7) is 8.73. The SMILES string of the molecule is COc1ccc(C(C)(C)CNCCN)c(OC)c1C. The molecule has 1 aromatic rings. The number of nitrogens with one attached hydrogen (secondary N) is 1. The smallest absolute Gasteiger partial charge is 0.129 e.